The number of hydrogen-bond acceptors (Lipinski definition) is 4. The van der Waals surface area contributed by atoms with Gasteiger partial charge in [-0.1, -0.05) is 24.6 Å². The molecule has 0 saturated heterocycles. The van der Waals surface area contributed by atoms with Crippen molar-refractivity contribution in [1.82, 2.24) is 0 Å². The highest BCUT2D eigenvalue weighted by molar-refractivity contribution is 9.11. The number of phenols is 1. The molecule has 2 rings (SSSR count). The first-order valence-corrected chi connectivity index (χ1v) is 9.10. The summed E-state index contributed by atoms with van der Waals surface area (Å²) in [4.78, 5) is 0. The molecule has 1 heterocycles. The second-order valence-corrected chi connectivity index (χ2v) is 8.68. The molecule has 8 heteroatoms. The highest BCUT2D eigenvalue weighted by Gasteiger charge is 2.20. The van der Waals surface area contributed by atoms with E-state index in [1.54, 1.807) is 12.1 Å². The number of hydrogen-bond donors (Lipinski definition) is 2. The first kappa shape index (κ1) is 15.6. The third kappa shape index (κ3) is 3.28. The van der Waals surface area contributed by atoms with Gasteiger partial charge in [-0.05, 0) is 46.1 Å². The van der Waals surface area contributed by atoms with Gasteiger partial charge in [-0.25, -0.2) is 8.42 Å². The SMILES string of the molecule is CCc1ccc(O)c(NS(=O)(=O)c2cc(Cl)c(Br)s2)c1. The van der Waals surface area contributed by atoms with Crippen LogP contribution in [0, 0.1) is 0 Å². The molecule has 1 aromatic heterocycles. The summed E-state index contributed by atoms with van der Waals surface area (Å²) in [7, 11) is -3.77. The predicted molar refractivity (Wildman–Crippen MR) is 85.3 cm³/mol. The van der Waals surface area contributed by atoms with E-state index in [-0.39, 0.29) is 15.6 Å². The predicted octanol–water partition coefficient (Wildman–Crippen LogP) is 4.23. The molecule has 2 N–H and O–H groups in total. The molecule has 0 aliphatic rings. The maximum Gasteiger partial charge on any atom is 0.271 e. The molecule has 0 aliphatic heterocycles. The molecule has 20 heavy (non-hydrogen) atoms. The Morgan fingerprint density at radius 3 is 2.65 bits per heavy atom. The maximum atomic E-state index is 12.2. The van der Waals surface area contributed by atoms with Gasteiger partial charge >= 0.3 is 0 Å². The fourth-order valence-electron chi connectivity index (χ4n) is 1.54. The number of sulfonamides is 1. The standard InChI is InChI=1S/C12H11BrClNO3S2/c1-2-7-3-4-10(16)9(5-7)15-20(17,18)11-6-8(14)12(13)19-11/h3-6,15-16H,2H2,1H3. The van der Waals surface area contributed by atoms with Crippen molar-refractivity contribution in [2.75, 3.05) is 4.72 Å². The molecule has 0 aliphatic carbocycles. The van der Waals surface area contributed by atoms with Crippen LogP contribution >= 0.6 is 38.9 Å². The van der Waals surface area contributed by atoms with Gasteiger partial charge in [0.15, 0.2) is 0 Å². The number of aromatic hydroxyl groups is 1. The zero-order chi connectivity index (χ0) is 14.9. The topological polar surface area (TPSA) is 66.4 Å². The summed E-state index contributed by atoms with van der Waals surface area (Å²) in [5, 5.41) is 10.1. The molecule has 4 nitrogen and oxygen atoms in total. The van der Waals surface area contributed by atoms with Crippen LogP contribution in [0.3, 0.4) is 0 Å². The Bertz CT molecular complexity index is 724. The lowest BCUT2D eigenvalue weighted by Crippen LogP contribution is -2.11. The number of aryl methyl sites for hydroxylation is 1. The molecule has 1 aromatic carbocycles. The van der Waals surface area contributed by atoms with Gasteiger partial charge in [-0.3, -0.25) is 4.72 Å². The van der Waals surface area contributed by atoms with Gasteiger partial charge < -0.3 is 5.11 Å². The second-order valence-electron chi connectivity index (χ2n) is 4.00. The Morgan fingerprint density at radius 2 is 2.10 bits per heavy atom. The number of anilines is 1. The van der Waals surface area contributed by atoms with Crippen LogP contribution in [0.25, 0.3) is 0 Å². The fourth-order valence-corrected chi connectivity index (χ4v) is 5.00. The van der Waals surface area contributed by atoms with Gasteiger partial charge in [-0.2, -0.15) is 0 Å². The normalized spacial score (nSPS) is 11.6. The minimum absolute atomic E-state index is 0.0793. The van der Waals surface area contributed by atoms with E-state index in [4.69, 9.17) is 11.6 Å². The van der Waals surface area contributed by atoms with Crippen LogP contribution in [0.5, 0.6) is 5.75 Å². The average Bonchev–Trinajstić information content (AvgIpc) is 2.73. The van der Waals surface area contributed by atoms with Crippen molar-refractivity contribution in [3.8, 4) is 5.75 Å². The van der Waals surface area contributed by atoms with Gasteiger partial charge in [0.2, 0.25) is 0 Å². The van der Waals surface area contributed by atoms with E-state index >= 15 is 0 Å². The molecule has 0 fully saturated rings. The third-order valence-electron chi connectivity index (χ3n) is 2.60. The van der Waals surface area contributed by atoms with E-state index in [0.29, 0.717) is 8.81 Å². The van der Waals surface area contributed by atoms with E-state index in [9.17, 15) is 13.5 Å². The summed E-state index contributed by atoms with van der Waals surface area (Å²) in [6.45, 7) is 1.95. The number of halogens is 2. The monoisotopic (exact) mass is 395 g/mol. The van der Waals surface area contributed by atoms with Gasteiger partial charge in [-0.15, -0.1) is 11.3 Å². The summed E-state index contributed by atoms with van der Waals surface area (Å²) < 4.78 is 27.5. The minimum Gasteiger partial charge on any atom is -0.506 e. The third-order valence-corrected chi connectivity index (χ3v) is 6.91. The highest BCUT2D eigenvalue weighted by Crippen LogP contribution is 2.36. The van der Waals surface area contributed by atoms with Crippen molar-refractivity contribution in [3.63, 3.8) is 0 Å². The van der Waals surface area contributed by atoms with Crippen LogP contribution in [-0.4, -0.2) is 13.5 Å². The molecule has 2 aromatic rings. The fraction of sp³-hybridized carbons (Fsp3) is 0.167. The molecular weight excluding hydrogens is 386 g/mol. The Balaban J connectivity index is 2.37. The first-order valence-electron chi connectivity index (χ1n) is 5.63. The summed E-state index contributed by atoms with van der Waals surface area (Å²) in [5.74, 6) is -0.118. The van der Waals surface area contributed by atoms with Crippen LogP contribution in [0.4, 0.5) is 5.69 Å². The lowest BCUT2D eigenvalue weighted by atomic mass is 10.1. The molecule has 0 saturated carbocycles. The quantitative estimate of drug-likeness (QED) is 0.760. The van der Waals surface area contributed by atoms with Crippen molar-refractivity contribution in [1.29, 1.82) is 0 Å². The van der Waals surface area contributed by atoms with Crippen LogP contribution in [0.1, 0.15) is 12.5 Å². The lowest BCUT2D eigenvalue weighted by molar-refractivity contribution is 0.477. The number of nitrogens with one attached hydrogen (secondary N) is 1. The smallest absolute Gasteiger partial charge is 0.271 e. The molecule has 0 unspecified atom stereocenters. The van der Waals surface area contributed by atoms with E-state index in [2.05, 4.69) is 20.7 Å². The second kappa shape index (κ2) is 5.93. The number of thiophene rings is 1. The van der Waals surface area contributed by atoms with Crippen molar-refractivity contribution in [3.05, 3.63) is 38.6 Å². The largest absolute Gasteiger partial charge is 0.506 e. The molecule has 0 bridgehead atoms. The number of phenolic OH excluding ortho intramolecular Hbond substituents is 1. The number of benzene rings is 1. The van der Waals surface area contributed by atoms with Gasteiger partial charge in [0.05, 0.1) is 14.5 Å². The van der Waals surface area contributed by atoms with Crippen LogP contribution in [-0.2, 0) is 16.4 Å². The van der Waals surface area contributed by atoms with Crippen molar-refractivity contribution in [2.45, 2.75) is 17.6 Å². The first-order chi connectivity index (χ1) is 9.33. The van der Waals surface area contributed by atoms with E-state index in [0.717, 1.165) is 23.3 Å². The van der Waals surface area contributed by atoms with E-state index in [1.165, 1.54) is 12.1 Å². The minimum atomic E-state index is -3.77. The van der Waals surface area contributed by atoms with Crippen LogP contribution in [0.2, 0.25) is 5.02 Å². The Labute approximate surface area is 134 Å². The molecule has 0 atom stereocenters. The zero-order valence-corrected chi connectivity index (χ0v) is 14.3. The lowest BCUT2D eigenvalue weighted by Gasteiger charge is -2.09. The van der Waals surface area contributed by atoms with Crippen molar-refractivity contribution in [2.24, 2.45) is 0 Å². The van der Waals surface area contributed by atoms with Crippen molar-refractivity contribution < 1.29 is 13.5 Å². The molecule has 0 spiro atoms. The maximum absolute atomic E-state index is 12.2. The highest BCUT2D eigenvalue weighted by atomic mass is 79.9. The van der Waals surface area contributed by atoms with E-state index < -0.39 is 10.0 Å². The molecule has 0 amide bonds. The molecular formula is C12H11BrClNO3S2. The van der Waals surface area contributed by atoms with Crippen LogP contribution in [0.15, 0.2) is 32.3 Å². The average molecular weight is 397 g/mol. The van der Waals surface area contributed by atoms with Gasteiger partial charge in [0, 0.05) is 0 Å². The molecule has 0 radical (unpaired) electrons. The Hall–Kier alpha value is -0.760. The summed E-state index contributed by atoms with van der Waals surface area (Å²) in [5.41, 5.74) is 1.08. The van der Waals surface area contributed by atoms with Gasteiger partial charge in [0.25, 0.3) is 10.0 Å². The van der Waals surface area contributed by atoms with E-state index in [1.807, 2.05) is 6.92 Å². The summed E-state index contributed by atoms with van der Waals surface area (Å²) in [6, 6.07) is 6.18. The van der Waals surface area contributed by atoms with Gasteiger partial charge in [0.1, 0.15) is 9.96 Å². The Morgan fingerprint density at radius 1 is 1.40 bits per heavy atom. The molecule has 108 valence electrons. The Kier molecular flexibility index (Phi) is 4.63. The summed E-state index contributed by atoms with van der Waals surface area (Å²) >= 11 is 10.0. The van der Waals surface area contributed by atoms with Crippen molar-refractivity contribution >= 4 is 54.6 Å². The zero-order valence-electron chi connectivity index (χ0n) is 10.4. The van der Waals surface area contributed by atoms with Crippen LogP contribution < -0.4 is 4.72 Å². The summed E-state index contributed by atoms with van der Waals surface area (Å²) in [6.07, 6.45) is 0.741. The number of rotatable bonds is 4.